The van der Waals surface area contributed by atoms with E-state index in [1.807, 2.05) is 11.8 Å². The van der Waals surface area contributed by atoms with E-state index in [2.05, 4.69) is 5.32 Å². The Kier molecular flexibility index (Phi) is 5.48. The molecule has 3 amide bonds. The van der Waals surface area contributed by atoms with Crippen molar-refractivity contribution in [2.24, 2.45) is 0 Å². The molecule has 0 bridgehead atoms. The van der Waals surface area contributed by atoms with Gasteiger partial charge in [0, 0.05) is 44.0 Å². The van der Waals surface area contributed by atoms with Gasteiger partial charge in [-0.2, -0.15) is 0 Å². The van der Waals surface area contributed by atoms with Crippen LogP contribution in [-0.4, -0.2) is 65.2 Å². The van der Waals surface area contributed by atoms with Crippen LogP contribution in [0.3, 0.4) is 0 Å². The van der Waals surface area contributed by atoms with Gasteiger partial charge in [-0.05, 0) is 36.7 Å². The summed E-state index contributed by atoms with van der Waals surface area (Å²) in [4.78, 5) is 39.7. The number of halogens is 2. The zero-order valence-corrected chi connectivity index (χ0v) is 16.8. The van der Waals surface area contributed by atoms with Crippen molar-refractivity contribution in [3.05, 3.63) is 29.3 Å². The number of carbonyl (C=O) groups is 3. The molecular formula is C21H25F2N3O4. The molecule has 162 valence electrons. The van der Waals surface area contributed by atoms with E-state index in [-0.39, 0.29) is 50.3 Å². The summed E-state index contributed by atoms with van der Waals surface area (Å²) in [6.07, 6.45) is 0.142. The number of nitrogens with zero attached hydrogens (tertiary/aromatic N) is 2. The van der Waals surface area contributed by atoms with Crippen LogP contribution in [0.5, 0.6) is 5.75 Å². The number of hydrogen-bond donors (Lipinski definition) is 1. The molecule has 0 saturated carbocycles. The Morgan fingerprint density at radius 1 is 1.27 bits per heavy atom. The molecule has 0 spiro atoms. The molecule has 2 fully saturated rings. The minimum absolute atomic E-state index is 0.130. The highest BCUT2D eigenvalue weighted by Crippen LogP contribution is 2.33. The molecule has 0 unspecified atom stereocenters. The normalized spacial score (nSPS) is 26.5. The molecule has 3 aliphatic rings. The molecule has 1 aromatic rings. The Morgan fingerprint density at radius 3 is 2.80 bits per heavy atom. The number of amides is 3. The standard InChI is InChI=1S/C21H25F2N3O4/c1-2-25-8-7-21(22,23)10-14(25)12-30-15-3-4-16-13(9-15)11-26(20(16)29)17-5-6-18(27)24-19(17)28/h3-4,9,14,17H,2,5-8,10-12H2,1H3,(H,24,27,28)/t14-,17+/m1/s1. The van der Waals surface area contributed by atoms with Crippen LogP contribution in [0.25, 0.3) is 0 Å². The summed E-state index contributed by atoms with van der Waals surface area (Å²) in [5.41, 5.74) is 1.22. The third-order valence-electron chi connectivity index (χ3n) is 6.16. The number of likely N-dealkylation sites (tertiary alicyclic amines) is 1. The van der Waals surface area contributed by atoms with Crippen molar-refractivity contribution >= 4 is 17.7 Å². The number of fused-ring (bicyclic) bond motifs is 1. The molecule has 3 heterocycles. The zero-order chi connectivity index (χ0) is 21.5. The van der Waals surface area contributed by atoms with Gasteiger partial charge in [0.05, 0.1) is 0 Å². The lowest BCUT2D eigenvalue weighted by molar-refractivity contribution is -0.136. The zero-order valence-electron chi connectivity index (χ0n) is 16.8. The topological polar surface area (TPSA) is 79.0 Å². The Labute approximate surface area is 173 Å². The van der Waals surface area contributed by atoms with Crippen LogP contribution < -0.4 is 10.1 Å². The fourth-order valence-electron chi connectivity index (χ4n) is 4.48. The highest BCUT2D eigenvalue weighted by molar-refractivity contribution is 6.05. The molecule has 0 aromatic heterocycles. The van der Waals surface area contributed by atoms with Crippen molar-refractivity contribution in [3.63, 3.8) is 0 Å². The quantitative estimate of drug-likeness (QED) is 0.736. The number of likely N-dealkylation sites (N-methyl/N-ethyl adjacent to an activating group) is 1. The molecule has 0 radical (unpaired) electrons. The molecule has 4 rings (SSSR count). The molecule has 0 aliphatic carbocycles. The van der Waals surface area contributed by atoms with E-state index >= 15 is 0 Å². The number of carbonyl (C=O) groups excluding carboxylic acids is 3. The highest BCUT2D eigenvalue weighted by atomic mass is 19.3. The molecule has 30 heavy (non-hydrogen) atoms. The molecule has 7 nitrogen and oxygen atoms in total. The van der Waals surface area contributed by atoms with Crippen molar-refractivity contribution in [1.82, 2.24) is 15.1 Å². The predicted octanol–water partition coefficient (Wildman–Crippen LogP) is 1.95. The minimum Gasteiger partial charge on any atom is -0.492 e. The number of imide groups is 1. The first kappa shape index (κ1) is 20.7. The number of benzene rings is 1. The summed E-state index contributed by atoms with van der Waals surface area (Å²) in [5, 5.41) is 2.28. The molecule has 2 atom stereocenters. The van der Waals surface area contributed by atoms with E-state index < -0.39 is 17.9 Å². The van der Waals surface area contributed by atoms with Gasteiger partial charge in [0.2, 0.25) is 11.8 Å². The monoisotopic (exact) mass is 421 g/mol. The second-order valence-electron chi connectivity index (χ2n) is 8.12. The Morgan fingerprint density at radius 2 is 2.07 bits per heavy atom. The van der Waals surface area contributed by atoms with Gasteiger partial charge >= 0.3 is 0 Å². The third kappa shape index (κ3) is 4.03. The lowest BCUT2D eigenvalue weighted by Crippen LogP contribution is -2.52. The number of nitrogens with one attached hydrogen (secondary N) is 1. The van der Waals surface area contributed by atoms with Crippen LogP contribution in [0.15, 0.2) is 18.2 Å². The van der Waals surface area contributed by atoms with Gasteiger partial charge in [0.15, 0.2) is 0 Å². The summed E-state index contributed by atoms with van der Waals surface area (Å²) in [7, 11) is 0. The maximum atomic E-state index is 13.8. The van der Waals surface area contributed by atoms with Crippen LogP contribution in [-0.2, 0) is 16.1 Å². The maximum absolute atomic E-state index is 13.8. The van der Waals surface area contributed by atoms with Crippen molar-refractivity contribution in [3.8, 4) is 5.75 Å². The molecule has 3 aliphatic heterocycles. The molecule has 1 aromatic carbocycles. The molecular weight excluding hydrogens is 396 g/mol. The van der Waals surface area contributed by atoms with Crippen LogP contribution in [0.2, 0.25) is 0 Å². The largest absolute Gasteiger partial charge is 0.492 e. The van der Waals surface area contributed by atoms with E-state index in [0.717, 1.165) is 5.56 Å². The van der Waals surface area contributed by atoms with Gasteiger partial charge in [-0.3, -0.25) is 24.6 Å². The van der Waals surface area contributed by atoms with Gasteiger partial charge in [0.25, 0.3) is 11.8 Å². The first-order chi connectivity index (χ1) is 14.3. The van der Waals surface area contributed by atoms with Crippen LogP contribution in [0.4, 0.5) is 8.78 Å². The smallest absolute Gasteiger partial charge is 0.255 e. The summed E-state index contributed by atoms with van der Waals surface area (Å²) >= 11 is 0. The van der Waals surface area contributed by atoms with Crippen molar-refractivity contribution in [2.45, 2.75) is 57.2 Å². The van der Waals surface area contributed by atoms with E-state index in [1.54, 1.807) is 18.2 Å². The number of alkyl halides is 2. The SMILES string of the molecule is CCN1CCC(F)(F)C[C@@H]1COc1ccc2c(c1)CN([C@H]1CCC(=O)NC1=O)C2=O. The van der Waals surface area contributed by atoms with Crippen LogP contribution in [0, 0.1) is 0 Å². The summed E-state index contributed by atoms with van der Waals surface area (Å²) in [5.74, 6) is -3.20. The second kappa shape index (κ2) is 7.94. The Balaban J connectivity index is 1.43. The average Bonchev–Trinajstić information content (AvgIpc) is 3.02. The fourth-order valence-corrected chi connectivity index (χ4v) is 4.48. The van der Waals surface area contributed by atoms with Crippen molar-refractivity contribution < 1.29 is 27.9 Å². The van der Waals surface area contributed by atoms with Gasteiger partial charge in [0.1, 0.15) is 18.4 Å². The minimum atomic E-state index is -2.67. The number of rotatable bonds is 5. The van der Waals surface area contributed by atoms with E-state index in [0.29, 0.717) is 30.8 Å². The van der Waals surface area contributed by atoms with E-state index in [9.17, 15) is 23.2 Å². The van der Waals surface area contributed by atoms with Crippen molar-refractivity contribution in [2.75, 3.05) is 19.7 Å². The van der Waals surface area contributed by atoms with Crippen LogP contribution in [0.1, 0.15) is 48.5 Å². The Hall–Kier alpha value is -2.55. The molecule has 9 heteroatoms. The lowest BCUT2D eigenvalue weighted by Gasteiger charge is -2.38. The Bertz CT molecular complexity index is 876. The van der Waals surface area contributed by atoms with Crippen molar-refractivity contribution in [1.29, 1.82) is 0 Å². The third-order valence-corrected chi connectivity index (χ3v) is 6.16. The maximum Gasteiger partial charge on any atom is 0.255 e. The number of piperidine rings is 2. The van der Waals surface area contributed by atoms with E-state index in [4.69, 9.17) is 4.74 Å². The highest BCUT2D eigenvalue weighted by Gasteiger charge is 2.41. The second-order valence-corrected chi connectivity index (χ2v) is 8.12. The fraction of sp³-hybridized carbons (Fsp3) is 0.571. The molecule has 2 saturated heterocycles. The van der Waals surface area contributed by atoms with Gasteiger partial charge in [-0.15, -0.1) is 0 Å². The first-order valence-corrected chi connectivity index (χ1v) is 10.3. The first-order valence-electron chi connectivity index (χ1n) is 10.3. The lowest BCUT2D eigenvalue weighted by atomic mass is 9.99. The average molecular weight is 421 g/mol. The summed E-state index contributed by atoms with van der Waals surface area (Å²) < 4.78 is 33.4. The number of ether oxygens (including phenoxy) is 1. The van der Waals surface area contributed by atoms with Gasteiger partial charge < -0.3 is 9.64 Å². The summed E-state index contributed by atoms with van der Waals surface area (Å²) in [6.45, 7) is 3.37. The van der Waals surface area contributed by atoms with Gasteiger partial charge in [-0.25, -0.2) is 8.78 Å². The van der Waals surface area contributed by atoms with E-state index in [1.165, 1.54) is 4.90 Å². The summed E-state index contributed by atoms with van der Waals surface area (Å²) in [6, 6.07) is 3.99. The number of hydrogen-bond acceptors (Lipinski definition) is 5. The predicted molar refractivity (Wildman–Crippen MR) is 103 cm³/mol. The van der Waals surface area contributed by atoms with Gasteiger partial charge in [-0.1, -0.05) is 6.92 Å². The van der Waals surface area contributed by atoms with Crippen LogP contribution >= 0.6 is 0 Å². The molecule has 1 N–H and O–H groups in total.